The first-order chi connectivity index (χ1) is 10.7. The molecule has 3 heterocycles. The molecule has 7 heteroatoms. The molecule has 1 N–H and O–H groups in total. The molecule has 2 aliphatic heterocycles. The monoisotopic (exact) mass is 325 g/mol. The Bertz CT molecular complexity index is 508. The molecule has 6 nitrogen and oxygen atoms in total. The Balaban J connectivity index is 1.66. The highest BCUT2D eigenvalue weighted by Gasteiger charge is 2.39. The van der Waals surface area contributed by atoms with Crippen molar-refractivity contribution in [2.24, 2.45) is 0 Å². The van der Waals surface area contributed by atoms with E-state index in [1.807, 2.05) is 11.8 Å². The van der Waals surface area contributed by atoms with Crippen LogP contribution in [0.15, 0.2) is 10.6 Å². The van der Waals surface area contributed by atoms with Gasteiger partial charge in [-0.2, -0.15) is 11.8 Å². The van der Waals surface area contributed by atoms with E-state index in [0.717, 1.165) is 39.1 Å². The normalized spacial score (nSPS) is 22.4. The number of hydrogen-bond acceptors (Lipinski definition) is 6. The van der Waals surface area contributed by atoms with Crippen molar-refractivity contribution >= 4 is 17.7 Å². The number of thioether (sulfide) groups is 1. The van der Waals surface area contributed by atoms with Crippen molar-refractivity contribution < 1.29 is 14.1 Å². The Hall–Kier alpha value is -1.05. The van der Waals surface area contributed by atoms with Crippen LogP contribution in [-0.2, 0) is 4.74 Å². The van der Waals surface area contributed by atoms with Gasteiger partial charge in [-0.3, -0.25) is 9.69 Å². The Morgan fingerprint density at radius 2 is 2.14 bits per heavy atom. The van der Waals surface area contributed by atoms with Gasteiger partial charge in [0, 0.05) is 56.0 Å². The van der Waals surface area contributed by atoms with Crippen molar-refractivity contribution in [3.63, 3.8) is 0 Å². The molecule has 1 aromatic heterocycles. The number of aryl methyl sites for hydroxylation is 1. The van der Waals surface area contributed by atoms with E-state index in [4.69, 9.17) is 9.26 Å². The molecule has 0 unspecified atom stereocenters. The summed E-state index contributed by atoms with van der Waals surface area (Å²) < 4.78 is 10.5. The van der Waals surface area contributed by atoms with E-state index in [0.29, 0.717) is 18.0 Å². The average molecular weight is 325 g/mol. The molecule has 0 bridgehead atoms. The van der Waals surface area contributed by atoms with Crippen LogP contribution in [0, 0.1) is 6.92 Å². The van der Waals surface area contributed by atoms with Gasteiger partial charge in [0.15, 0.2) is 5.69 Å². The molecule has 0 aliphatic carbocycles. The number of nitrogens with zero attached hydrogens (tertiary/aromatic N) is 2. The first-order valence-corrected chi connectivity index (χ1v) is 8.97. The van der Waals surface area contributed by atoms with E-state index in [1.54, 1.807) is 13.0 Å². The van der Waals surface area contributed by atoms with Crippen LogP contribution in [0.2, 0.25) is 0 Å². The molecule has 2 aliphatic rings. The minimum Gasteiger partial charge on any atom is -0.381 e. The lowest BCUT2D eigenvalue weighted by molar-refractivity contribution is -0.0237. The second kappa shape index (κ2) is 7.02. The first-order valence-electron chi connectivity index (χ1n) is 7.82. The summed E-state index contributed by atoms with van der Waals surface area (Å²) in [6.07, 6.45) is 1.94. The molecule has 0 spiro atoms. The smallest absolute Gasteiger partial charge is 0.273 e. The third-order valence-electron chi connectivity index (χ3n) is 4.54. The van der Waals surface area contributed by atoms with E-state index >= 15 is 0 Å². The number of rotatable bonds is 4. The molecule has 0 saturated carbocycles. The highest BCUT2D eigenvalue weighted by atomic mass is 32.2. The van der Waals surface area contributed by atoms with Crippen LogP contribution in [0.4, 0.5) is 0 Å². The van der Waals surface area contributed by atoms with Crippen LogP contribution < -0.4 is 5.32 Å². The van der Waals surface area contributed by atoms with E-state index in [1.165, 1.54) is 11.5 Å². The Morgan fingerprint density at radius 3 is 2.77 bits per heavy atom. The van der Waals surface area contributed by atoms with E-state index in [-0.39, 0.29) is 11.4 Å². The number of aromatic nitrogens is 1. The van der Waals surface area contributed by atoms with E-state index in [2.05, 4.69) is 15.4 Å². The zero-order valence-corrected chi connectivity index (χ0v) is 13.8. The van der Waals surface area contributed by atoms with Crippen molar-refractivity contribution in [2.75, 3.05) is 44.4 Å². The Kier molecular flexibility index (Phi) is 5.05. The third kappa shape index (κ3) is 3.47. The summed E-state index contributed by atoms with van der Waals surface area (Å²) >= 11 is 2.00. The van der Waals surface area contributed by atoms with Gasteiger partial charge in [0.25, 0.3) is 5.91 Å². The molecule has 22 heavy (non-hydrogen) atoms. The average Bonchev–Trinajstić information content (AvgIpc) is 3.01. The zero-order chi connectivity index (χ0) is 15.4. The second-order valence-corrected chi connectivity index (χ2v) is 7.17. The summed E-state index contributed by atoms with van der Waals surface area (Å²) in [5, 5.41) is 6.84. The van der Waals surface area contributed by atoms with Gasteiger partial charge < -0.3 is 14.6 Å². The molecule has 1 amide bonds. The van der Waals surface area contributed by atoms with Crippen LogP contribution in [0.1, 0.15) is 29.1 Å². The lowest BCUT2D eigenvalue weighted by Gasteiger charge is -2.47. The molecule has 3 rings (SSSR count). The lowest BCUT2D eigenvalue weighted by atomic mass is 9.87. The molecule has 0 aromatic carbocycles. The minimum absolute atomic E-state index is 0.0215. The van der Waals surface area contributed by atoms with Crippen molar-refractivity contribution in [1.29, 1.82) is 0 Å². The van der Waals surface area contributed by atoms with Crippen molar-refractivity contribution in [1.82, 2.24) is 15.4 Å². The summed E-state index contributed by atoms with van der Waals surface area (Å²) in [4.78, 5) is 14.8. The largest absolute Gasteiger partial charge is 0.381 e. The van der Waals surface area contributed by atoms with Gasteiger partial charge in [-0.05, 0) is 19.8 Å². The maximum absolute atomic E-state index is 12.2. The van der Waals surface area contributed by atoms with Gasteiger partial charge in [0.2, 0.25) is 0 Å². The SMILES string of the molecule is Cc1cc(C(=O)NCC2(N3CCSCC3)CCOCC2)no1. The highest BCUT2D eigenvalue weighted by Crippen LogP contribution is 2.30. The first kappa shape index (κ1) is 15.8. The quantitative estimate of drug-likeness (QED) is 0.900. The van der Waals surface area contributed by atoms with Crippen LogP contribution >= 0.6 is 11.8 Å². The number of carbonyl (C=O) groups excluding carboxylic acids is 1. The van der Waals surface area contributed by atoms with Gasteiger partial charge in [0.05, 0.1) is 0 Å². The summed E-state index contributed by atoms with van der Waals surface area (Å²) in [6, 6.07) is 1.67. The molecule has 2 fully saturated rings. The van der Waals surface area contributed by atoms with Crippen molar-refractivity contribution in [3.05, 3.63) is 17.5 Å². The highest BCUT2D eigenvalue weighted by molar-refractivity contribution is 7.99. The summed E-state index contributed by atoms with van der Waals surface area (Å²) in [7, 11) is 0. The number of nitrogens with one attached hydrogen (secondary N) is 1. The number of carbonyl (C=O) groups is 1. The van der Waals surface area contributed by atoms with E-state index < -0.39 is 0 Å². The maximum atomic E-state index is 12.2. The third-order valence-corrected chi connectivity index (χ3v) is 5.49. The van der Waals surface area contributed by atoms with Crippen LogP contribution in [-0.4, -0.2) is 65.9 Å². The fraction of sp³-hybridized carbons (Fsp3) is 0.733. The standard InChI is InChI=1S/C15H23N3O3S/c1-12-10-13(17-21-12)14(19)16-11-15(2-6-20-7-3-15)18-4-8-22-9-5-18/h10H,2-9,11H2,1H3,(H,16,19). The minimum atomic E-state index is -0.158. The predicted molar refractivity (Wildman–Crippen MR) is 85.3 cm³/mol. The van der Waals surface area contributed by atoms with Gasteiger partial charge in [-0.25, -0.2) is 0 Å². The summed E-state index contributed by atoms with van der Waals surface area (Å²) in [5.74, 6) is 2.83. The molecule has 0 radical (unpaired) electrons. The Labute approximate surface area is 134 Å². The molecule has 2 saturated heterocycles. The molecule has 1 aromatic rings. The van der Waals surface area contributed by atoms with Gasteiger partial charge in [-0.1, -0.05) is 5.16 Å². The van der Waals surface area contributed by atoms with Gasteiger partial charge in [0.1, 0.15) is 5.76 Å². The molecule has 0 atom stereocenters. The number of amides is 1. The van der Waals surface area contributed by atoms with Crippen molar-refractivity contribution in [2.45, 2.75) is 25.3 Å². The van der Waals surface area contributed by atoms with Gasteiger partial charge in [-0.15, -0.1) is 0 Å². The maximum Gasteiger partial charge on any atom is 0.273 e. The fourth-order valence-corrected chi connectivity index (χ4v) is 4.11. The fourth-order valence-electron chi connectivity index (χ4n) is 3.20. The number of hydrogen-bond donors (Lipinski definition) is 1. The van der Waals surface area contributed by atoms with Crippen LogP contribution in [0.3, 0.4) is 0 Å². The topological polar surface area (TPSA) is 67.6 Å². The van der Waals surface area contributed by atoms with E-state index in [9.17, 15) is 4.79 Å². The predicted octanol–water partition coefficient (Wildman–Crippen LogP) is 1.31. The van der Waals surface area contributed by atoms with Crippen molar-refractivity contribution in [3.8, 4) is 0 Å². The molecule has 122 valence electrons. The number of ether oxygens (including phenoxy) is 1. The van der Waals surface area contributed by atoms with Crippen LogP contribution in [0.5, 0.6) is 0 Å². The van der Waals surface area contributed by atoms with Crippen LogP contribution in [0.25, 0.3) is 0 Å². The summed E-state index contributed by atoms with van der Waals surface area (Å²) in [5.41, 5.74) is 0.377. The Morgan fingerprint density at radius 1 is 1.41 bits per heavy atom. The summed E-state index contributed by atoms with van der Waals surface area (Å²) in [6.45, 7) is 6.14. The lowest BCUT2D eigenvalue weighted by Crippen LogP contribution is -2.60. The zero-order valence-electron chi connectivity index (χ0n) is 13.0. The van der Waals surface area contributed by atoms with Gasteiger partial charge >= 0.3 is 0 Å². The molecular formula is C15H23N3O3S. The second-order valence-electron chi connectivity index (χ2n) is 5.94. The molecular weight excluding hydrogens is 302 g/mol.